The van der Waals surface area contributed by atoms with E-state index in [0.717, 1.165) is 0 Å². The summed E-state index contributed by atoms with van der Waals surface area (Å²) in [7, 11) is 0. The van der Waals surface area contributed by atoms with Gasteiger partial charge >= 0.3 is 0 Å². The summed E-state index contributed by atoms with van der Waals surface area (Å²) in [5.74, 6) is -0.516. The van der Waals surface area contributed by atoms with E-state index >= 15 is 0 Å². The predicted molar refractivity (Wildman–Crippen MR) is 58.3 cm³/mol. The van der Waals surface area contributed by atoms with Gasteiger partial charge in [0.25, 0.3) is 0 Å². The fourth-order valence-corrected chi connectivity index (χ4v) is 1.41. The Morgan fingerprint density at radius 2 is 2.20 bits per heavy atom. The summed E-state index contributed by atoms with van der Waals surface area (Å²) in [5.41, 5.74) is 6.36. The third-order valence-corrected chi connectivity index (χ3v) is 2.50. The van der Waals surface area contributed by atoms with Crippen LogP contribution in [0.2, 0.25) is 0 Å². The number of Topliss-reactive ketones (excluding diaryl/α,β-unsaturated/α-hetero) is 1. The second kappa shape index (κ2) is 5.03. The number of carbonyl (C=O) groups excluding carboxylic acids is 1. The zero-order valence-corrected chi connectivity index (χ0v) is 9.09. The number of halogens is 1. The van der Waals surface area contributed by atoms with Gasteiger partial charge in [-0.2, -0.15) is 0 Å². The van der Waals surface area contributed by atoms with Crippen LogP contribution in [0.4, 0.5) is 4.39 Å². The first kappa shape index (κ1) is 11.9. The van der Waals surface area contributed by atoms with Crippen molar-refractivity contribution in [2.75, 3.05) is 6.54 Å². The van der Waals surface area contributed by atoms with Gasteiger partial charge < -0.3 is 5.73 Å². The van der Waals surface area contributed by atoms with E-state index < -0.39 is 0 Å². The van der Waals surface area contributed by atoms with Crippen molar-refractivity contribution in [1.29, 1.82) is 0 Å². The van der Waals surface area contributed by atoms with Crippen LogP contribution in [0, 0.1) is 18.7 Å². The molecule has 0 aliphatic carbocycles. The van der Waals surface area contributed by atoms with Gasteiger partial charge in [0.2, 0.25) is 0 Å². The Morgan fingerprint density at radius 1 is 1.53 bits per heavy atom. The van der Waals surface area contributed by atoms with Crippen LogP contribution in [-0.2, 0) is 0 Å². The Balaban J connectivity index is 2.87. The number of ketones is 1. The summed E-state index contributed by atoms with van der Waals surface area (Å²) in [4.78, 5) is 11.8. The van der Waals surface area contributed by atoms with E-state index in [9.17, 15) is 9.18 Å². The second-order valence-corrected chi connectivity index (χ2v) is 3.81. The highest BCUT2D eigenvalue weighted by Gasteiger charge is 2.15. The summed E-state index contributed by atoms with van der Waals surface area (Å²) < 4.78 is 13.2. The van der Waals surface area contributed by atoms with Crippen molar-refractivity contribution in [3.05, 3.63) is 35.1 Å². The Bertz CT molecular complexity index is 363. The zero-order valence-electron chi connectivity index (χ0n) is 9.09. The number of aryl methyl sites for hydroxylation is 1. The van der Waals surface area contributed by atoms with E-state index in [-0.39, 0.29) is 17.5 Å². The average molecular weight is 209 g/mol. The summed E-state index contributed by atoms with van der Waals surface area (Å²) in [6.45, 7) is 3.96. The Hall–Kier alpha value is -1.22. The number of nitrogens with two attached hydrogens (primary N) is 1. The van der Waals surface area contributed by atoms with Crippen LogP contribution in [0.15, 0.2) is 18.2 Å². The first-order valence-corrected chi connectivity index (χ1v) is 5.06. The molecule has 15 heavy (non-hydrogen) atoms. The molecule has 0 radical (unpaired) electrons. The van der Waals surface area contributed by atoms with Gasteiger partial charge in [0.15, 0.2) is 5.78 Å². The molecule has 0 amide bonds. The van der Waals surface area contributed by atoms with Crippen molar-refractivity contribution < 1.29 is 9.18 Å². The van der Waals surface area contributed by atoms with Crippen molar-refractivity contribution in [3.8, 4) is 0 Å². The van der Waals surface area contributed by atoms with Crippen LogP contribution in [0.3, 0.4) is 0 Å². The minimum absolute atomic E-state index is 0.0423. The number of carbonyl (C=O) groups is 1. The van der Waals surface area contributed by atoms with Crippen LogP contribution < -0.4 is 5.73 Å². The molecule has 1 aromatic carbocycles. The molecule has 2 nitrogen and oxygen atoms in total. The van der Waals surface area contributed by atoms with Crippen molar-refractivity contribution >= 4 is 5.78 Å². The average Bonchev–Trinajstić information content (AvgIpc) is 2.21. The van der Waals surface area contributed by atoms with Crippen LogP contribution in [0.5, 0.6) is 0 Å². The zero-order chi connectivity index (χ0) is 11.4. The molecule has 0 saturated carbocycles. The van der Waals surface area contributed by atoms with Gasteiger partial charge in [-0.3, -0.25) is 4.79 Å². The molecule has 0 bridgehead atoms. The van der Waals surface area contributed by atoms with E-state index in [2.05, 4.69) is 0 Å². The lowest BCUT2D eigenvalue weighted by molar-refractivity contribution is 0.0925. The van der Waals surface area contributed by atoms with Gasteiger partial charge in [0, 0.05) is 11.5 Å². The van der Waals surface area contributed by atoms with E-state index in [4.69, 9.17) is 5.73 Å². The predicted octanol–water partition coefficient (Wildman–Crippen LogP) is 2.30. The first-order chi connectivity index (χ1) is 7.06. The molecule has 1 rings (SSSR count). The number of hydrogen-bond acceptors (Lipinski definition) is 2. The van der Waals surface area contributed by atoms with E-state index in [0.29, 0.717) is 24.1 Å². The maximum Gasteiger partial charge on any atom is 0.165 e. The molecule has 0 fully saturated rings. The van der Waals surface area contributed by atoms with Crippen LogP contribution in [0.25, 0.3) is 0 Å². The number of hydrogen-bond donors (Lipinski definition) is 1. The molecular weight excluding hydrogens is 193 g/mol. The van der Waals surface area contributed by atoms with Gasteiger partial charge in [-0.05, 0) is 31.5 Å². The molecule has 2 N–H and O–H groups in total. The highest BCUT2D eigenvalue weighted by molar-refractivity contribution is 5.97. The molecule has 1 atom stereocenters. The fourth-order valence-electron chi connectivity index (χ4n) is 1.41. The highest BCUT2D eigenvalue weighted by atomic mass is 19.1. The van der Waals surface area contributed by atoms with Gasteiger partial charge in [0.05, 0.1) is 0 Å². The maximum atomic E-state index is 13.2. The molecule has 3 heteroatoms. The monoisotopic (exact) mass is 209 g/mol. The molecule has 0 saturated heterocycles. The Labute approximate surface area is 89.3 Å². The third-order valence-electron chi connectivity index (χ3n) is 2.50. The van der Waals surface area contributed by atoms with Gasteiger partial charge in [0.1, 0.15) is 5.82 Å². The van der Waals surface area contributed by atoms with Gasteiger partial charge in [-0.25, -0.2) is 4.39 Å². The van der Waals surface area contributed by atoms with Crippen molar-refractivity contribution in [2.45, 2.75) is 20.3 Å². The molecule has 0 aliphatic heterocycles. The molecule has 0 aromatic heterocycles. The minimum Gasteiger partial charge on any atom is -0.330 e. The van der Waals surface area contributed by atoms with Gasteiger partial charge in [-0.15, -0.1) is 0 Å². The number of rotatable bonds is 4. The lowest BCUT2D eigenvalue weighted by atomic mass is 9.96. The normalized spacial score (nSPS) is 12.5. The fraction of sp³-hybridized carbons (Fsp3) is 0.417. The Morgan fingerprint density at radius 3 is 2.73 bits per heavy atom. The standard InChI is InChI=1S/C12H16FNO/c1-8-3-4-10(7-11(8)13)12(15)9(2)5-6-14/h3-4,7,9H,5-6,14H2,1-2H3. The maximum absolute atomic E-state index is 13.2. The lowest BCUT2D eigenvalue weighted by Gasteiger charge is -2.09. The summed E-state index contributed by atoms with van der Waals surface area (Å²) in [5, 5.41) is 0. The summed E-state index contributed by atoms with van der Waals surface area (Å²) >= 11 is 0. The van der Waals surface area contributed by atoms with Crippen LogP contribution in [0.1, 0.15) is 29.3 Å². The number of benzene rings is 1. The molecule has 0 heterocycles. The van der Waals surface area contributed by atoms with Crippen molar-refractivity contribution in [2.24, 2.45) is 11.7 Å². The van der Waals surface area contributed by atoms with E-state index in [1.54, 1.807) is 19.1 Å². The smallest absolute Gasteiger partial charge is 0.165 e. The third kappa shape index (κ3) is 2.86. The van der Waals surface area contributed by atoms with Crippen molar-refractivity contribution in [3.63, 3.8) is 0 Å². The van der Waals surface area contributed by atoms with Crippen LogP contribution >= 0.6 is 0 Å². The van der Waals surface area contributed by atoms with Crippen LogP contribution in [-0.4, -0.2) is 12.3 Å². The summed E-state index contributed by atoms with van der Waals surface area (Å²) in [6, 6.07) is 4.58. The molecular formula is C12H16FNO. The molecule has 0 aliphatic rings. The lowest BCUT2D eigenvalue weighted by Crippen LogP contribution is -2.15. The minimum atomic E-state index is -0.333. The second-order valence-electron chi connectivity index (χ2n) is 3.81. The van der Waals surface area contributed by atoms with Gasteiger partial charge in [-0.1, -0.05) is 19.1 Å². The quantitative estimate of drug-likeness (QED) is 0.773. The molecule has 1 unspecified atom stereocenters. The molecule has 0 spiro atoms. The largest absolute Gasteiger partial charge is 0.330 e. The molecule has 82 valence electrons. The topological polar surface area (TPSA) is 43.1 Å². The summed E-state index contributed by atoms with van der Waals surface area (Å²) in [6.07, 6.45) is 0.633. The van der Waals surface area contributed by atoms with Crippen molar-refractivity contribution in [1.82, 2.24) is 0 Å². The molecule has 1 aromatic rings. The highest BCUT2D eigenvalue weighted by Crippen LogP contribution is 2.15. The SMILES string of the molecule is Cc1ccc(C(=O)C(C)CCN)cc1F. The van der Waals surface area contributed by atoms with E-state index in [1.807, 2.05) is 6.92 Å². The van der Waals surface area contributed by atoms with E-state index in [1.165, 1.54) is 6.07 Å². The first-order valence-electron chi connectivity index (χ1n) is 5.06. The Kier molecular flexibility index (Phi) is 3.97.